The maximum absolute atomic E-state index is 11.9. The minimum absolute atomic E-state index is 0.405. The number of ether oxygens (including phenoxy) is 1. The molecule has 1 N–H and O–H groups in total. The van der Waals surface area contributed by atoms with Crippen LogP contribution in [0.2, 0.25) is 0 Å². The van der Waals surface area contributed by atoms with Crippen molar-refractivity contribution in [2.75, 3.05) is 46.4 Å². The summed E-state index contributed by atoms with van der Waals surface area (Å²) in [6.07, 6.45) is 0.813. The van der Waals surface area contributed by atoms with Gasteiger partial charge in [0.05, 0.1) is 13.2 Å². The first-order chi connectivity index (χ1) is 10.6. The molecule has 7 heteroatoms. The van der Waals surface area contributed by atoms with Crippen molar-refractivity contribution < 1.29 is 13.2 Å². The summed E-state index contributed by atoms with van der Waals surface area (Å²) in [5, 5.41) is 0. The summed E-state index contributed by atoms with van der Waals surface area (Å²) in [7, 11) is -1.94. The minimum atomic E-state index is -3.38. The molecule has 22 heavy (non-hydrogen) atoms. The highest BCUT2D eigenvalue weighted by Gasteiger charge is 2.20. The van der Waals surface area contributed by atoms with Gasteiger partial charge in [-0.05, 0) is 18.5 Å². The molecule has 0 atom stereocenters. The first-order valence-corrected chi connectivity index (χ1v) is 9.08. The molecular weight excluding hydrogens is 302 g/mol. The van der Waals surface area contributed by atoms with Crippen molar-refractivity contribution in [3.8, 4) is 0 Å². The molecule has 1 fully saturated rings. The third-order valence-electron chi connectivity index (χ3n) is 3.77. The Balaban J connectivity index is 1.94. The van der Waals surface area contributed by atoms with E-state index in [-0.39, 0.29) is 0 Å². The van der Waals surface area contributed by atoms with E-state index >= 15 is 0 Å². The van der Waals surface area contributed by atoms with Gasteiger partial charge in [0.15, 0.2) is 0 Å². The minimum Gasteiger partial charge on any atom is -0.379 e. The molecule has 1 aromatic carbocycles. The topological polar surface area (TPSA) is 61.9 Å². The quantitative estimate of drug-likeness (QED) is 0.883. The number of hydrogen-bond acceptors (Lipinski definition) is 4. The predicted molar refractivity (Wildman–Crippen MR) is 86.7 cm³/mol. The third-order valence-corrected chi connectivity index (χ3v) is 5.33. The van der Waals surface area contributed by atoms with Gasteiger partial charge in [-0.1, -0.05) is 30.3 Å². The molecule has 0 aliphatic carbocycles. The van der Waals surface area contributed by atoms with E-state index in [2.05, 4.69) is 21.8 Å². The second kappa shape index (κ2) is 8.59. The Kier molecular flexibility index (Phi) is 6.78. The first kappa shape index (κ1) is 17.4. The second-order valence-electron chi connectivity index (χ2n) is 5.34. The van der Waals surface area contributed by atoms with E-state index in [1.165, 1.54) is 16.9 Å². The van der Waals surface area contributed by atoms with Gasteiger partial charge in [-0.25, -0.2) is 4.72 Å². The van der Waals surface area contributed by atoms with Crippen LogP contribution in [-0.4, -0.2) is 64.1 Å². The standard InChI is InChI=1S/C15H25N3O3S/c1-16-22(19,20)18-9-5-8-17(10-12-21-13-11-18)14-15-6-3-2-4-7-15/h2-4,6-7,16H,5,8-14H2,1H3. The molecule has 0 amide bonds. The molecule has 0 unspecified atom stereocenters. The molecule has 1 aliphatic rings. The maximum atomic E-state index is 11.9. The summed E-state index contributed by atoms with van der Waals surface area (Å²) in [4.78, 5) is 2.31. The van der Waals surface area contributed by atoms with Crippen LogP contribution in [0.25, 0.3) is 0 Å². The van der Waals surface area contributed by atoms with Crippen molar-refractivity contribution in [3.63, 3.8) is 0 Å². The lowest BCUT2D eigenvalue weighted by Crippen LogP contribution is -2.43. The summed E-state index contributed by atoms with van der Waals surface area (Å²) in [5.41, 5.74) is 1.26. The second-order valence-corrected chi connectivity index (χ2v) is 7.21. The SMILES string of the molecule is CNS(=O)(=O)N1CCCN(Cc2ccccc2)CCOCC1. The molecule has 6 nitrogen and oxygen atoms in total. The van der Waals surface area contributed by atoms with Gasteiger partial charge in [0.2, 0.25) is 0 Å². The fourth-order valence-corrected chi connectivity index (χ4v) is 3.47. The summed E-state index contributed by atoms with van der Waals surface area (Å²) >= 11 is 0. The van der Waals surface area contributed by atoms with Crippen molar-refractivity contribution in [3.05, 3.63) is 35.9 Å². The van der Waals surface area contributed by atoms with Crippen LogP contribution in [0.15, 0.2) is 30.3 Å². The Hall–Kier alpha value is -0.990. The molecule has 1 aliphatic heterocycles. The van der Waals surface area contributed by atoms with Gasteiger partial charge in [-0.2, -0.15) is 12.7 Å². The van der Waals surface area contributed by atoms with E-state index in [0.717, 1.165) is 26.1 Å². The fourth-order valence-electron chi connectivity index (χ4n) is 2.53. The van der Waals surface area contributed by atoms with Gasteiger partial charge in [0, 0.05) is 33.2 Å². The fraction of sp³-hybridized carbons (Fsp3) is 0.600. The highest BCUT2D eigenvalue weighted by atomic mass is 32.2. The van der Waals surface area contributed by atoms with Crippen LogP contribution in [0, 0.1) is 0 Å². The lowest BCUT2D eigenvalue weighted by molar-refractivity contribution is 0.0837. The lowest BCUT2D eigenvalue weighted by Gasteiger charge is -2.27. The van der Waals surface area contributed by atoms with Crippen molar-refractivity contribution in [1.82, 2.24) is 13.9 Å². The van der Waals surface area contributed by atoms with Gasteiger partial charge < -0.3 is 4.74 Å². The van der Waals surface area contributed by atoms with E-state index in [4.69, 9.17) is 4.74 Å². The van der Waals surface area contributed by atoms with E-state index in [9.17, 15) is 8.42 Å². The molecular formula is C15H25N3O3S. The first-order valence-electron chi connectivity index (χ1n) is 7.64. The van der Waals surface area contributed by atoms with Gasteiger partial charge >= 0.3 is 0 Å². The smallest absolute Gasteiger partial charge is 0.279 e. The van der Waals surface area contributed by atoms with Crippen LogP contribution in [0.4, 0.5) is 0 Å². The Morgan fingerprint density at radius 2 is 1.82 bits per heavy atom. The summed E-state index contributed by atoms with van der Waals surface area (Å²) in [6, 6.07) is 10.3. The van der Waals surface area contributed by atoms with Crippen LogP contribution in [0.5, 0.6) is 0 Å². The maximum Gasteiger partial charge on any atom is 0.279 e. The molecule has 1 saturated heterocycles. The normalized spacial score (nSPS) is 19.9. The predicted octanol–water partition coefficient (Wildman–Crippen LogP) is 0.675. The number of rotatable bonds is 4. The average Bonchev–Trinajstić information content (AvgIpc) is 2.54. The molecule has 2 rings (SSSR count). The summed E-state index contributed by atoms with van der Waals surface area (Å²) < 4.78 is 33.3. The Bertz CT molecular complexity index is 536. The highest BCUT2D eigenvalue weighted by Crippen LogP contribution is 2.08. The molecule has 124 valence electrons. The lowest BCUT2D eigenvalue weighted by atomic mass is 10.2. The average molecular weight is 327 g/mol. The molecule has 0 radical (unpaired) electrons. The number of nitrogens with one attached hydrogen (secondary N) is 1. The van der Waals surface area contributed by atoms with Crippen LogP contribution in [-0.2, 0) is 21.5 Å². The summed E-state index contributed by atoms with van der Waals surface area (Å²) in [5.74, 6) is 0. The zero-order valence-electron chi connectivity index (χ0n) is 13.1. The van der Waals surface area contributed by atoms with Crippen molar-refractivity contribution in [2.24, 2.45) is 0 Å². The van der Waals surface area contributed by atoms with Gasteiger partial charge in [-0.15, -0.1) is 0 Å². The van der Waals surface area contributed by atoms with Crippen LogP contribution in [0.1, 0.15) is 12.0 Å². The Labute approximate surface area is 133 Å². The van der Waals surface area contributed by atoms with Crippen molar-refractivity contribution in [2.45, 2.75) is 13.0 Å². The number of benzene rings is 1. The van der Waals surface area contributed by atoms with Crippen LogP contribution < -0.4 is 4.72 Å². The van der Waals surface area contributed by atoms with Gasteiger partial charge in [0.25, 0.3) is 10.2 Å². The molecule has 0 spiro atoms. The monoisotopic (exact) mass is 327 g/mol. The molecule has 0 bridgehead atoms. The molecule has 1 heterocycles. The number of nitrogens with zero attached hydrogens (tertiary/aromatic N) is 2. The third kappa shape index (κ3) is 5.33. The van der Waals surface area contributed by atoms with Crippen LogP contribution in [0.3, 0.4) is 0 Å². The molecule has 1 aromatic rings. The zero-order valence-corrected chi connectivity index (χ0v) is 13.9. The van der Waals surface area contributed by atoms with E-state index in [1.807, 2.05) is 18.2 Å². The van der Waals surface area contributed by atoms with Crippen molar-refractivity contribution >= 4 is 10.2 Å². The van der Waals surface area contributed by atoms with E-state index < -0.39 is 10.2 Å². The van der Waals surface area contributed by atoms with E-state index in [1.54, 1.807) is 0 Å². The number of hydrogen-bond donors (Lipinski definition) is 1. The molecule has 0 saturated carbocycles. The Morgan fingerprint density at radius 1 is 1.09 bits per heavy atom. The van der Waals surface area contributed by atoms with Crippen LogP contribution >= 0.6 is 0 Å². The van der Waals surface area contributed by atoms with E-state index in [0.29, 0.717) is 26.3 Å². The Morgan fingerprint density at radius 3 is 2.55 bits per heavy atom. The van der Waals surface area contributed by atoms with Gasteiger partial charge in [0.1, 0.15) is 0 Å². The van der Waals surface area contributed by atoms with Gasteiger partial charge in [-0.3, -0.25) is 4.90 Å². The largest absolute Gasteiger partial charge is 0.379 e. The zero-order chi connectivity index (χ0) is 15.8. The van der Waals surface area contributed by atoms with Crippen molar-refractivity contribution in [1.29, 1.82) is 0 Å². The highest BCUT2D eigenvalue weighted by molar-refractivity contribution is 7.87. The summed E-state index contributed by atoms with van der Waals surface area (Å²) in [6.45, 7) is 4.56. The molecule has 0 aromatic heterocycles.